The van der Waals surface area contributed by atoms with Gasteiger partial charge in [-0.15, -0.1) is 0 Å². The Morgan fingerprint density at radius 1 is 1.62 bits per heavy atom. The van der Waals surface area contributed by atoms with E-state index in [1.54, 1.807) is 0 Å². The molecule has 0 saturated heterocycles. The van der Waals surface area contributed by atoms with Gasteiger partial charge in [0.15, 0.2) is 0 Å². The minimum absolute atomic E-state index is 0. The molecule has 0 aliphatic heterocycles. The van der Waals surface area contributed by atoms with Gasteiger partial charge in [0.1, 0.15) is 0 Å². The van der Waals surface area contributed by atoms with Crippen LogP contribution in [-0.2, 0) is 26.1 Å². The molecule has 0 unspecified atom stereocenters. The van der Waals surface area contributed by atoms with Gasteiger partial charge in [0.05, 0.1) is 0 Å². The van der Waals surface area contributed by atoms with Crippen LogP contribution >= 0.6 is 0 Å². The van der Waals surface area contributed by atoms with Crippen molar-refractivity contribution in [3.05, 3.63) is 0 Å². The fourth-order valence-electron chi connectivity index (χ4n) is 0. The summed E-state index contributed by atoms with van der Waals surface area (Å²) in [4.78, 5) is 17.4. The Labute approximate surface area is 56.4 Å². The molecular formula is C3H6NiO4. The van der Waals surface area contributed by atoms with Gasteiger partial charge in [-0.25, -0.2) is 0 Å². The van der Waals surface area contributed by atoms with Gasteiger partial charge < -0.3 is 10.2 Å². The SMILES string of the molecule is CC(=O)O.O=CO.[Ni]. The smallest absolute Gasteiger partial charge is 0.300 e. The molecule has 8 heavy (non-hydrogen) atoms. The van der Waals surface area contributed by atoms with Crippen LogP contribution in [0.25, 0.3) is 0 Å². The van der Waals surface area contributed by atoms with E-state index in [0.717, 1.165) is 6.92 Å². The van der Waals surface area contributed by atoms with Crippen LogP contribution in [0, 0.1) is 0 Å². The average Bonchev–Trinajstić information content (AvgIpc) is 1.33. The first-order chi connectivity index (χ1) is 3.15. The summed E-state index contributed by atoms with van der Waals surface area (Å²) >= 11 is 0. The minimum atomic E-state index is -0.833. The summed E-state index contributed by atoms with van der Waals surface area (Å²) in [6.07, 6.45) is 0. The fraction of sp³-hybridized carbons (Fsp3) is 0.333. The number of hydrogen-bond donors (Lipinski definition) is 2. The zero-order chi connectivity index (χ0) is 6.28. The maximum Gasteiger partial charge on any atom is 0.300 e. The molecule has 0 aromatic heterocycles. The maximum absolute atomic E-state index is 9.00. The van der Waals surface area contributed by atoms with Crippen LogP contribution in [0.4, 0.5) is 0 Å². The van der Waals surface area contributed by atoms with Crippen molar-refractivity contribution in [2.24, 2.45) is 0 Å². The molecule has 5 heteroatoms. The normalized spacial score (nSPS) is 4.62. The molecule has 0 atom stereocenters. The number of hydrogen-bond acceptors (Lipinski definition) is 2. The topological polar surface area (TPSA) is 74.6 Å². The van der Waals surface area contributed by atoms with Gasteiger partial charge in [-0.1, -0.05) is 0 Å². The zero-order valence-corrected chi connectivity index (χ0v) is 5.09. The van der Waals surface area contributed by atoms with Crippen molar-refractivity contribution in [3.63, 3.8) is 0 Å². The van der Waals surface area contributed by atoms with E-state index in [9.17, 15) is 0 Å². The molecule has 0 heterocycles. The second-order valence-corrected chi connectivity index (χ2v) is 0.624. The molecular weight excluding hydrogens is 159 g/mol. The summed E-state index contributed by atoms with van der Waals surface area (Å²) in [6, 6.07) is 0. The van der Waals surface area contributed by atoms with E-state index in [1.165, 1.54) is 0 Å². The first kappa shape index (κ1) is 15.7. The third-order valence-corrected chi connectivity index (χ3v) is 0. The fourth-order valence-corrected chi connectivity index (χ4v) is 0. The molecule has 0 aromatic carbocycles. The van der Waals surface area contributed by atoms with E-state index < -0.39 is 5.97 Å². The summed E-state index contributed by atoms with van der Waals surface area (Å²) in [7, 11) is 0. The van der Waals surface area contributed by atoms with Crippen LogP contribution in [0.15, 0.2) is 0 Å². The molecule has 0 radical (unpaired) electrons. The number of rotatable bonds is 0. The Bertz CT molecular complexity index is 58.3. The maximum atomic E-state index is 9.00. The summed E-state index contributed by atoms with van der Waals surface area (Å²) in [5.74, 6) is -0.833. The van der Waals surface area contributed by atoms with E-state index in [0.29, 0.717) is 0 Å². The minimum Gasteiger partial charge on any atom is -0.483 e. The van der Waals surface area contributed by atoms with Crippen molar-refractivity contribution in [1.82, 2.24) is 0 Å². The van der Waals surface area contributed by atoms with Crippen molar-refractivity contribution >= 4 is 12.4 Å². The molecule has 0 aliphatic carbocycles. The summed E-state index contributed by atoms with van der Waals surface area (Å²) < 4.78 is 0. The van der Waals surface area contributed by atoms with Crippen LogP contribution in [-0.4, -0.2) is 22.7 Å². The number of carbonyl (C=O) groups is 2. The number of carboxylic acid groups (broad SMARTS) is 2. The van der Waals surface area contributed by atoms with Crippen molar-refractivity contribution in [1.29, 1.82) is 0 Å². The summed E-state index contributed by atoms with van der Waals surface area (Å²) in [5, 5.41) is 14.3. The number of carboxylic acids is 1. The third kappa shape index (κ3) is 333. The molecule has 2 N–H and O–H groups in total. The third-order valence-electron chi connectivity index (χ3n) is 0. The standard InChI is InChI=1S/C2H4O2.CH2O2.Ni/c1-2(3)4;2-1-3;/h1H3,(H,3,4);1H,(H,2,3);. The molecule has 0 amide bonds. The van der Waals surface area contributed by atoms with E-state index >= 15 is 0 Å². The zero-order valence-electron chi connectivity index (χ0n) is 4.10. The Balaban J connectivity index is -0.0000000575. The monoisotopic (exact) mass is 164 g/mol. The van der Waals surface area contributed by atoms with Gasteiger partial charge in [-0.3, -0.25) is 9.59 Å². The summed E-state index contributed by atoms with van der Waals surface area (Å²) in [5.41, 5.74) is 0. The molecule has 0 fully saturated rings. The van der Waals surface area contributed by atoms with Crippen molar-refractivity contribution < 1.29 is 36.3 Å². The Hall–Kier alpha value is -0.566. The molecule has 0 bridgehead atoms. The quantitative estimate of drug-likeness (QED) is 0.384. The molecule has 0 aromatic rings. The van der Waals surface area contributed by atoms with Crippen molar-refractivity contribution in [2.45, 2.75) is 6.92 Å². The van der Waals surface area contributed by atoms with Gasteiger partial charge in [0, 0.05) is 23.4 Å². The first-order valence-electron chi connectivity index (χ1n) is 1.42. The van der Waals surface area contributed by atoms with Gasteiger partial charge in [-0.2, -0.15) is 0 Å². The Kier molecular flexibility index (Phi) is 31.5. The second-order valence-electron chi connectivity index (χ2n) is 0.624. The predicted octanol–water partition coefficient (Wildman–Crippen LogP) is -0.211. The van der Waals surface area contributed by atoms with Crippen molar-refractivity contribution in [2.75, 3.05) is 0 Å². The molecule has 0 saturated carbocycles. The predicted molar refractivity (Wildman–Crippen MR) is 22.0 cm³/mol. The largest absolute Gasteiger partial charge is 0.483 e. The number of aliphatic carboxylic acids is 1. The van der Waals surface area contributed by atoms with Gasteiger partial charge in [-0.05, 0) is 0 Å². The van der Waals surface area contributed by atoms with Crippen LogP contribution in [0.2, 0.25) is 0 Å². The van der Waals surface area contributed by atoms with E-state index in [1.807, 2.05) is 0 Å². The van der Waals surface area contributed by atoms with Gasteiger partial charge >= 0.3 is 0 Å². The Morgan fingerprint density at radius 2 is 1.62 bits per heavy atom. The van der Waals surface area contributed by atoms with Gasteiger partial charge in [0.25, 0.3) is 12.4 Å². The van der Waals surface area contributed by atoms with Crippen LogP contribution in [0.3, 0.4) is 0 Å². The summed E-state index contributed by atoms with van der Waals surface area (Å²) in [6.45, 7) is 0.833. The first-order valence-corrected chi connectivity index (χ1v) is 1.42. The van der Waals surface area contributed by atoms with Crippen LogP contribution in [0.5, 0.6) is 0 Å². The molecule has 52 valence electrons. The molecule has 0 rings (SSSR count). The Morgan fingerprint density at radius 3 is 1.62 bits per heavy atom. The van der Waals surface area contributed by atoms with E-state index in [2.05, 4.69) is 0 Å². The average molecular weight is 165 g/mol. The van der Waals surface area contributed by atoms with Crippen LogP contribution < -0.4 is 0 Å². The van der Waals surface area contributed by atoms with Crippen LogP contribution in [0.1, 0.15) is 6.92 Å². The second kappa shape index (κ2) is 16.1. The molecule has 0 spiro atoms. The van der Waals surface area contributed by atoms with Crippen molar-refractivity contribution in [3.8, 4) is 0 Å². The van der Waals surface area contributed by atoms with E-state index in [4.69, 9.17) is 19.8 Å². The molecule has 0 aliphatic rings. The molecule has 4 nitrogen and oxygen atoms in total. The van der Waals surface area contributed by atoms with E-state index in [-0.39, 0.29) is 23.0 Å². The van der Waals surface area contributed by atoms with Gasteiger partial charge in [0.2, 0.25) is 0 Å².